The highest BCUT2D eigenvalue weighted by Gasteiger charge is 2.28. The van der Waals surface area contributed by atoms with Crippen molar-refractivity contribution >= 4 is 21.7 Å². The van der Waals surface area contributed by atoms with E-state index in [1.165, 1.54) is 12.1 Å². The normalized spacial score (nSPS) is 19.2. The second kappa shape index (κ2) is 7.56. The SMILES string of the molecule is NC(=O)[C@@H](CCS(=O)(=O)c1ccccc1)NC(=O)[C@@H]1CCOC1. The maximum atomic E-state index is 12.2. The van der Waals surface area contributed by atoms with E-state index in [1.54, 1.807) is 18.2 Å². The predicted octanol–water partition coefficient (Wildman–Crippen LogP) is -0.143. The van der Waals surface area contributed by atoms with E-state index in [4.69, 9.17) is 10.5 Å². The fourth-order valence-corrected chi connectivity index (χ4v) is 3.69. The first kappa shape index (κ1) is 17.4. The van der Waals surface area contributed by atoms with Gasteiger partial charge in [0.1, 0.15) is 6.04 Å². The van der Waals surface area contributed by atoms with Crippen LogP contribution in [0.2, 0.25) is 0 Å². The van der Waals surface area contributed by atoms with Crippen molar-refractivity contribution < 1.29 is 22.7 Å². The molecule has 1 fully saturated rings. The molecule has 0 bridgehead atoms. The number of primary amides is 1. The second-order valence-electron chi connectivity index (χ2n) is 5.44. The summed E-state index contributed by atoms with van der Waals surface area (Å²) in [6.07, 6.45) is 0.519. The first-order valence-corrected chi connectivity index (χ1v) is 9.00. The first-order valence-electron chi connectivity index (χ1n) is 7.35. The second-order valence-corrected chi connectivity index (χ2v) is 7.55. The topological polar surface area (TPSA) is 116 Å². The van der Waals surface area contributed by atoms with E-state index in [2.05, 4.69) is 5.32 Å². The molecule has 0 unspecified atom stereocenters. The minimum Gasteiger partial charge on any atom is -0.381 e. The number of rotatable bonds is 7. The Bertz CT molecular complexity index is 654. The van der Waals surface area contributed by atoms with Gasteiger partial charge in [0, 0.05) is 6.61 Å². The lowest BCUT2D eigenvalue weighted by atomic mass is 10.1. The monoisotopic (exact) mass is 340 g/mol. The molecule has 0 aromatic heterocycles. The summed E-state index contributed by atoms with van der Waals surface area (Å²) in [5.41, 5.74) is 5.27. The number of nitrogens with two attached hydrogens (primary N) is 1. The average molecular weight is 340 g/mol. The van der Waals surface area contributed by atoms with E-state index < -0.39 is 21.8 Å². The van der Waals surface area contributed by atoms with Crippen LogP contribution in [0.25, 0.3) is 0 Å². The molecule has 23 heavy (non-hydrogen) atoms. The molecule has 2 atom stereocenters. The third-order valence-corrected chi connectivity index (χ3v) is 5.50. The third kappa shape index (κ3) is 4.77. The van der Waals surface area contributed by atoms with Crippen molar-refractivity contribution in [1.29, 1.82) is 0 Å². The Morgan fingerprint density at radius 1 is 1.30 bits per heavy atom. The van der Waals surface area contributed by atoms with Crippen LogP contribution in [0.1, 0.15) is 12.8 Å². The fraction of sp³-hybridized carbons (Fsp3) is 0.467. The minimum atomic E-state index is -3.53. The molecule has 1 aromatic rings. The molecule has 2 amide bonds. The Hall–Kier alpha value is -1.93. The Balaban J connectivity index is 1.97. The molecule has 1 aliphatic heterocycles. The summed E-state index contributed by atoms with van der Waals surface area (Å²) in [4.78, 5) is 23.7. The summed E-state index contributed by atoms with van der Waals surface area (Å²) in [5, 5.41) is 2.52. The third-order valence-electron chi connectivity index (χ3n) is 3.74. The van der Waals surface area contributed by atoms with Crippen LogP contribution in [-0.2, 0) is 24.2 Å². The lowest BCUT2D eigenvalue weighted by molar-refractivity contribution is -0.129. The summed E-state index contributed by atoms with van der Waals surface area (Å²) < 4.78 is 29.6. The zero-order chi connectivity index (χ0) is 16.9. The Morgan fingerprint density at radius 3 is 2.57 bits per heavy atom. The largest absolute Gasteiger partial charge is 0.381 e. The number of benzene rings is 1. The molecule has 126 valence electrons. The fourth-order valence-electron chi connectivity index (χ4n) is 2.34. The minimum absolute atomic E-state index is 0.0636. The molecule has 1 heterocycles. The highest BCUT2D eigenvalue weighted by Crippen LogP contribution is 2.14. The summed E-state index contributed by atoms with van der Waals surface area (Å²) >= 11 is 0. The van der Waals surface area contributed by atoms with Gasteiger partial charge < -0.3 is 15.8 Å². The van der Waals surface area contributed by atoms with Gasteiger partial charge in [0.2, 0.25) is 11.8 Å². The van der Waals surface area contributed by atoms with Crippen molar-refractivity contribution in [3.8, 4) is 0 Å². The molecule has 0 radical (unpaired) electrons. The van der Waals surface area contributed by atoms with Crippen molar-refractivity contribution in [2.24, 2.45) is 11.7 Å². The van der Waals surface area contributed by atoms with Gasteiger partial charge in [-0.1, -0.05) is 18.2 Å². The number of amides is 2. The van der Waals surface area contributed by atoms with Crippen LogP contribution >= 0.6 is 0 Å². The molecule has 1 aromatic carbocycles. The highest BCUT2D eigenvalue weighted by atomic mass is 32.2. The summed E-state index contributed by atoms with van der Waals surface area (Å²) in [5.74, 6) is -1.67. The number of sulfone groups is 1. The molecular weight excluding hydrogens is 320 g/mol. The van der Waals surface area contributed by atoms with Crippen LogP contribution in [0, 0.1) is 5.92 Å². The Morgan fingerprint density at radius 2 is 2.00 bits per heavy atom. The van der Waals surface area contributed by atoms with Crippen molar-refractivity contribution in [2.75, 3.05) is 19.0 Å². The van der Waals surface area contributed by atoms with Gasteiger partial charge in [-0.25, -0.2) is 8.42 Å². The van der Waals surface area contributed by atoms with Gasteiger partial charge in [-0.15, -0.1) is 0 Å². The van der Waals surface area contributed by atoms with E-state index in [1.807, 2.05) is 0 Å². The molecular formula is C15H20N2O5S. The lowest BCUT2D eigenvalue weighted by Gasteiger charge is -2.17. The van der Waals surface area contributed by atoms with Crippen molar-refractivity contribution in [3.05, 3.63) is 30.3 Å². The number of ether oxygens (including phenoxy) is 1. The number of hydrogen-bond acceptors (Lipinski definition) is 5. The van der Waals surface area contributed by atoms with Crippen LogP contribution in [0.4, 0.5) is 0 Å². The van der Waals surface area contributed by atoms with Crippen LogP contribution in [-0.4, -0.2) is 45.2 Å². The molecule has 0 saturated carbocycles. The Labute approximate surface area is 135 Å². The standard InChI is InChI=1S/C15H20N2O5S/c16-14(18)13(17-15(19)11-6-8-22-10-11)7-9-23(20,21)12-4-2-1-3-5-12/h1-5,11,13H,6-10H2,(H2,16,18)(H,17,19)/t11-,13-/m1/s1. The highest BCUT2D eigenvalue weighted by molar-refractivity contribution is 7.91. The Kier molecular flexibility index (Phi) is 5.73. The summed E-state index contributed by atoms with van der Waals surface area (Å²) in [7, 11) is -3.53. The molecule has 1 saturated heterocycles. The van der Waals surface area contributed by atoms with Gasteiger partial charge in [0.05, 0.1) is 23.2 Å². The molecule has 8 heteroatoms. The molecule has 3 N–H and O–H groups in total. The van der Waals surface area contributed by atoms with Gasteiger partial charge in [-0.2, -0.15) is 0 Å². The quantitative estimate of drug-likeness (QED) is 0.716. The van der Waals surface area contributed by atoms with Gasteiger partial charge in [-0.3, -0.25) is 9.59 Å². The van der Waals surface area contributed by atoms with Crippen LogP contribution < -0.4 is 11.1 Å². The smallest absolute Gasteiger partial charge is 0.240 e. The number of carbonyl (C=O) groups excluding carboxylic acids is 2. The zero-order valence-electron chi connectivity index (χ0n) is 12.6. The maximum absolute atomic E-state index is 12.2. The molecule has 0 spiro atoms. The van der Waals surface area contributed by atoms with E-state index in [-0.39, 0.29) is 28.9 Å². The number of nitrogens with one attached hydrogen (secondary N) is 1. The molecule has 2 rings (SSSR count). The van der Waals surface area contributed by atoms with Gasteiger partial charge >= 0.3 is 0 Å². The van der Waals surface area contributed by atoms with E-state index >= 15 is 0 Å². The first-order chi connectivity index (χ1) is 10.9. The van der Waals surface area contributed by atoms with Crippen molar-refractivity contribution in [1.82, 2.24) is 5.32 Å². The molecule has 0 aliphatic carbocycles. The van der Waals surface area contributed by atoms with E-state index in [0.29, 0.717) is 19.6 Å². The molecule has 7 nitrogen and oxygen atoms in total. The van der Waals surface area contributed by atoms with Crippen LogP contribution in [0.15, 0.2) is 35.2 Å². The van der Waals surface area contributed by atoms with Crippen LogP contribution in [0.5, 0.6) is 0 Å². The maximum Gasteiger partial charge on any atom is 0.240 e. The zero-order valence-corrected chi connectivity index (χ0v) is 13.4. The van der Waals surface area contributed by atoms with Crippen molar-refractivity contribution in [3.63, 3.8) is 0 Å². The summed E-state index contributed by atoms with van der Waals surface area (Å²) in [6.45, 7) is 0.807. The molecule has 1 aliphatic rings. The summed E-state index contributed by atoms with van der Waals surface area (Å²) in [6, 6.07) is 6.93. The van der Waals surface area contributed by atoms with Crippen LogP contribution in [0.3, 0.4) is 0 Å². The van der Waals surface area contributed by atoms with Gasteiger partial charge in [0.15, 0.2) is 9.84 Å². The van der Waals surface area contributed by atoms with Gasteiger partial charge in [0.25, 0.3) is 0 Å². The lowest BCUT2D eigenvalue weighted by Crippen LogP contribution is -2.47. The number of carbonyl (C=O) groups is 2. The average Bonchev–Trinajstić information content (AvgIpc) is 3.06. The van der Waals surface area contributed by atoms with Crippen molar-refractivity contribution in [2.45, 2.75) is 23.8 Å². The van der Waals surface area contributed by atoms with Gasteiger partial charge in [-0.05, 0) is 25.0 Å². The predicted molar refractivity (Wildman–Crippen MR) is 83.2 cm³/mol. The number of hydrogen-bond donors (Lipinski definition) is 2. The van der Waals surface area contributed by atoms with E-state index in [9.17, 15) is 18.0 Å². The van der Waals surface area contributed by atoms with E-state index in [0.717, 1.165) is 0 Å².